The van der Waals surface area contributed by atoms with Crippen LogP contribution in [0.1, 0.15) is 24.4 Å². The van der Waals surface area contributed by atoms with E-state index in [1.54, 1.807) is 7.11 Å². The maximum absolute atomic E-state index is 5.64. The second kappa shape index (κ2) is 10.4. The van der Waals surface area contributed by atoms with Crippen molar-refractivity contribution >= 4 is 5.69 Å². The minimum Gasteiger partial charge on any atom is -0.494 e. The number of ether oxygens (including phenoxy) is 2. The Morgan fingerprint density at radius 1 is 1.03 bits per heavy atom. The molecule has 2 heterocycles. The van der Waals surface area contributed by atoms with E-state index in [2.05, 4.69) is 62.9 Å². The number of aromatic nitrogens is 4. The zero-order chi connectivity index (χ0) is 21.5. The SMILES string of the molecule is CCOc1ccc([C@H](c2nnnn2CCOC)[NH+]2CCN(c3ccccc3)CC2)cc1. The predicted molar refractivity (Wildman–Crippen MR) is 118 cm³/mol. The Labute approximate surface area is 183 Å². The van der Waals surface area contributed by atoms with Crippen LogP contribution < -0.4 is 14.5 Å². The normalized spacial score (nSPS) is 15.7. The molecule has 1 fully saturated rings. The Hall–Kier alpha value is -2.97. The summed E-state index contributed by atoms with van der Waals surface area (Å²) in [6.07, 6.45) is 0. The van der Waals surface area contributed by atoms with Crippen LogP contribution in [-0.4, -0.2) is 66.7 Å². The lowest BCUT2D eigenvalue weighted by atomic mass is 10.0. The van der Waals surface area contributed by atoms with Crippen molar-refractivity contribution in [1.82, 2.24) is 20.2 Å². The maximum Gasteiger partial charge on any atom is 0.214 e. The topological polar surface area (TPSA) is 69.7 Å². The molecular formula is C23H31N6O2+. The molecule has 1 aliphatic rings. The van der Waals surface area contributed by atoms with Crippen molar-refractivity contribution in [2.45, 2.75) is 19.5 Å². The number of nitrogens with one attached hydrogen (secondary N) is 1. The van der Waals surface area contributed by atoms with Crippen molar-refractivity contribution in [3.63, 3.8) is 0 Å². The van der Waals surface area contributed by atoms with Gasteiger partial charge in [-0.15, -0.1) is 5.10 Å². The molecule has 31 heavy (non-hydrogen) atoms. The van der Waals surface area contributed by atoms with E-state index in [0.29, 0.717) is 19.8 Å². The van der Waals surface area contributed by atoms with Gasteiger partial charge in [-0.2, -0.15) is 0 Å². The highest BCUT2D eigenvalue weighted by atomic mass is 16.5. The van der Waals surface area contributed by atoms with Crippen molar-refractivity contribution in [3.8, 4) is 5.75 Å². The molecule has 8 nitrogen and oxygen atoms in total. The number of nitrogens with zero attached hydrogens (tertiary/aromatic N) is 5. The zero-order valence-corrected chi connectivity index (χ0v) is 18.3. The summed E-state index contributed by atoms with van der Waals surface area (Å²) in [5, 5.41) is 12.7. The number of rotatable bonds is 9. The average molecular weight is 424 g/mol. The zero-order valence-electron chi connectivity index (χ0n) is 18.3. The summed E-state index contributed by atoms with van der Waals surface area (Å²) in [6.45, 7) is 7.86. The summed E-state index contributed by atoms with van der Waals surface area (Å²) < 4.78 is 12.8. The highest BCUT2D eigenvalue weighted by Crippen LogP contribution is 2.21. The molecule has 0 bridgehead atoms. The lowest BCUT2D eigenvalue weighted by molar-refractivity contribution is -0.927. The Bertz CT molecular complexity index is 923. The molecule has 0 spiro atoms. The van der Waals surface area contributed by atoms with Crippen LogP contribution in [-0.2, 0) is 11.3 Å². The highest BCUT2D eigenvalue weighted by molar-refractivity contribution is 5.46. The molecule has 1 atom stereocenters. The van der Waals surface area contributed by atoms with Crippen LogP contribution >= 0.6 is 0 Å². The van der Waals surface area contributed by atoms with Crippen molar-refractivity contribution in [3.05, 3.63) is 66.0 Å². The van der Waals surface area contributed by atoms with Crippen molar-refractivity contribution in [2.24, 2.45) is 0 Å². The Morgan fingerprint density at radius 2 is 1.77 bits per heavy atom. The highest BCUT2D eigenvalue weighted by Gasteiger charge is 2.34. The molecular weight excluding hydrogens is 392 g/mol. The molecule has 0 unspecified atom stereocenters. The van der Waals surface area contributed by atoms with Gasteiger partial charge in [0.25, 0.3) is 0 Å². The Balaban J connectivity index is 1.58. The van der Waals surface area contributed by atoms with Crippen molar-refractivity contribution in [2.75, 3.05) is 51.4 Å². The van der Waals surface area contributed by atoms with Gasteiger partial charge in [0.05, 0.1) is 45.9 Å². The van der Waals surface area contributed by atoms with Gasteiger partial charge in [0.15, 0.2) is 6.04 Å². The van der Waals surface area contributed by atoms with Crippen molar-refractivity contribution in [1.29, 1.82) is 0 Å². The van der Waals surface area contributed by atoms with Gasteiger partial charge in [-0.05, 0) is 53.7 Å². The van der Waals surface area contributed by atoms with E-state index < -0.39 is 0 Å². The van der Waals surface area contributed by atoms with Gasteiger partial charge in [0, 0.05) is 18.4 Å². The molecule has 1 N–H and O–H groups in total. The summed E-state index contributed by atoms with van der Waals surface area (Å²) in [6, 6.07) is 19.0. The number of tetrazole rings is 1. The lowest BCUT2D eigenvalue weighted by Gasteiger charge is -2.37. The van der Waals surface area contributed by atoms with Crippen LogP contribution in [0.4, 0.5) is 5.69 Å². The number of hydrogen-bond donors (Lipinski definition) is 1. The minimum atomic E-state index is 0.0560. The van der Waals surface area contributed by atoms with E-state index in [-0.39, 0.29) is 6.04 Å². The van der Waals surface area contributed by atoms with Crippen LogP contribution in [0.5, 0.6) is 5.75 Å². The van der Waals surface area contributed by atoms with Crippen LogP contribution in [0.2, 0.25) is 0 Å². The van der Waals surface area contributed by atoms with E-state index in [9.17, 15) is 0 Å². The van der Waals surface area contributed by atoms with E-state index in [1.807, 2.05) is 23.7 Å². The number of quaternary nitrogens is 1. The van der Waals surface area contributed by atoms with Gasteiger partial charge in [0.2, 0.25) is 5.82 Å². The molecule has 0 aliphatic carbocycles. The van der Waals surface area contributed by atoms with Crippen LogP contribution in [0.25, 0.3) is 0 Å². The van der Waals surface area contributed by atoms with Crippen LogP contribution in [0.3, 0.4) is 0 Å². The molecule has 4 rings (SSSR count). The van der Waals surface area contributed by atoms with E-state index in [1.165, 1.54) is 16.2 Å². The maximum atomic E-state index is 5.64. The van der Waals surface area contributed by atoms with Crippen molar-refractivity contribution < 1.29 is 14.4 Å². The number of piperazine rings is 1. The van der Waals surface area contributed by atoms with E-state index >= 15 is 0 Å². The molecule has 1 aromatic heterocycles. The number of benzene rings is 2. The third-order valence-electron chi connectivity index (χ3n) is 5.78. The molecule has 8 heteroatoms. The Kier molecular flexibility index (Phi) is 7.11. The Morgan fingerprint density at radius 3 is 2.45 bits per heavy atom. The third kappa shape index (κ3) is 5.03. The number of methoxy groups -OCH3 is 1. The van der Waals surface area contributed by atoms with Gasteiger partial charge in [-0.1, -0.05) is 18.2 Å². The minimum absolute atomic E-state index is 0.0560. The molecule has 1 aliphatic heterocycles. The average Bonchev–Trinajstić information content (AvgIpc) is 3.28. The quantitative estimate of drug-likeness (QED) is 0.558. The van der Waals surface area contributed by atoms with Gasteiger partial charge >= 0.3 is 0 Å². The second-order valence-corrected chi connectivity index (χ2v) is 7.67. The fraction of sp³-hybridized carbons (Fsp3) is 0.435. The van der Waals surface area contributed by atoms with Gasteiger partial charge < -0.3 is 19.3 Å². The molecule has 0 radical (unpaired) electrons. The fourth-order valence-corrected chi connectivity index (χ4v) is 4.23. The van der Waals surface area contributed by atoms with Gasteiger partial charge in [-0.25, -0.2) is 4.68 Å². The number of hydrogen-bond acceptors (Lipinski definition) is 6. The number of para-hydroxylation sites is 1. The number of anilines is 1. The molecule has 2 aromatic carbocycles. The first-order valence-electron chi connectivity index (χ1n) is 10.9. The first-order chi connectivity index (χ1) is 15.3. The van der Waals surface area contributed by atoms with Crippen LogP contribution in [0, 0.1) is 0 Å². The smallest absolute Gasteiger partial charge is 0.214 e. The second-order valence-electron chi connectivity index (χ2n) is 7.67. The van der Waals surface area contributed by atoms with Gasteiger partial charge in [0.1, 0.15) is 5.75 Å². The van der Waals surface area contributed by atoms with E-state index in [0.717, 1.165) is 37.8 Å². The molecule has 164 valence electrons. The molecule has 0 saturated carbocycles. The third-order valence-corrected chi connectivity index (χ3v) is 5.78. The summed E-state index contributed by atoms with van der Waals surface area (Å²) in [7, 11) is 1.70. The van der Waals surface area contributed by atoms with Crippen LogP contribution in [0.15, 0.2) is 54.6 Å². The lowest BCUT2D eigenvalue weighted by Crippen LogP contribution is -3.15. The summed E-state index contributed by atoms with van der Waals surface area (Å²) in [4.78, 5) is 3.91. The standard InChI is InChI=1S/C23H30N6O2/c1-3-31-21-11-9-19(10-12-21)22(23-24-25-26-29(23)17-18-30-2)28-15-13-27(14-16-28)20-7-5-4-6-8-20/h4-12,22H,3,13-18H2,1-2H3/p+1/t22-/m1/s1. The molecule has 1 saturated heterocycles. The molecule has 3 aromatic rings. The van der Waals surface area contributed by atoms with E-state index in [4.69, 9.17) is 9.47 Å². The largest absolute Gasteiger partial charge is 0.494 e. The summed E-state index contributed by atoms with van der Waals surface area (Å²) in [5.74, 6) is 1.76. The predicted octanol–water partition coefficient (Wildman–Crippen LogP) is 1.21. The van der Waals surface area contributed by atoms with Gasteiger partial charge in [-0.3, -0.25) is 0 Å². The first kappa shape index (κ1) is 21.3. The first-order valence-corrected chi connectivity index (χ1v) is 10.9. The monoisotopic (exact) mass is 423 g/mol. The fourth-order valence-electron chi connectivity index (χ4n) is 4.23. The summed E-state index contributed by atoms with van der Waals surface area (Å²) >= 11 is 0. The summed E-state index contributed by atoms with van der Waals surface area (Å²) in [5.41, 5.74) is 2.48. The molecule has 0 amide bonds.